The van der Waals surface area contributed by atoms with Crippen LogP contribution in [0.15, 0.2) is 48.8 Å². The minimum absolute atomic E-state index is 0.0362. The number of methoxy groups -OCH3 is 1. The van der Waals surface area contributed by atoms with Crippen LogP contribution < -0.4 is 4.90 Å². The van der Waals surface area contributed by atoms with Crippen LogP contribution in [-0.4, -0.2) is 66.0 Å². The zero-order valence-electron chi connectivity index (χ0n) is 15.7. The summed E-state index contributed by atoms with van der Waals surface area (Å²) in [4.78, 5) is 9.38. The van der Waals surface area contributed by atoms with E-state index in [1.54, 1.807) is 7.11 Å². The predicted octanol–water partition coefficient (Wildman–Crippen LogP) is 2.29. The molecule has 27 heavy (non-hydrogen) atoms. The maximum atomic E-state index is 9.44. The van der Waals surface area contributed by atoms with Gasteiger partial charge in [-0.05, 0) is 35.9 Å². The highest BCUT2D eigenvalue weighted by Gasteiger charge is 2.17. The SMILES string of the molecule is COCCN1CCN(c2cccc(-n3cnc4ccc(CO)cc43)c2)CC1. The van der Waals surface area contributed by atoms with Gasteiger partial charge in [0.05, 0.1) is 24.2 Å². The molecule has 2 heterocycles. The van der Waals surface area contributed by atoms with Gasteiger partial charge in [-0.15, -0.1) is 0 Å². The molecule has 1 aromatic heterocycles. The Kier molecular flexibility index (Phi) is 5.38. The number of rotatable bonds is 6. The Hall–Kier alpha value is -2.41. The number of piperazine rings is 1. The second-order valence-electron chi connectivity index (χ2n) is 6.94. The fourth-order valence-electron chi connectivity index (χ4n) is 3.65. The molecule has 0 bridgehead atoms. The molecule has 0 saturated carbocycles. The molecule has 4 rings (SSSR count). The van der Waals surface area contributed by atoms with E-state index in [2.05, 4.69) is 43.6 Å². The molecular formula is C21H26N4O2. The van der Waals surface area contributed by atoms with Gasteiger partial charge in [0, 0.05) is 51.2 Å². The van der Waals surface area contributed by atoms with Gasteiger partial charge in [0.25, 0.3) is 0 Å². The highest BCUT2D eigenvalue weighted by molar-refractivity contribution is 5.78. The van der Waals surface area contributed by atoms with Gasteiger partial charge in [0.2, 0.25) is 0 Å². The molecule has 6 nitrogen and oxygen atoms in total. The summed E-state index contributed by atoms with van der Waals surface area (Å²) in [7, 11) is 1.76. The monoisotopic (exact) mass is 366 g/mol. The van der Waals surface area contributed by atoms with Gasteiger partial charge in [-0.1, -0.05) is 12.1 Å². The Morgan fingerprint density at radius 2 is 1.85 bits per heavy atom. The number of fused-ring (bicyclic) bond motifs is 1. The van der Waals surface area contributed by atoms with Gasteiger partial charge in [-0.2, -0.15) is 0 Å². The first kappa shape index (κ1) is 18.0. The zero-order valence-corrected chi connectivity index (χ0v) is 15.7. The van der Waals surface area contributed by atoms with E-state index in [0.717, 1.165) is 61.6 Å². The van der Waals surface area contributed by atoms with E-state index in [4.69, 9.17) is 4.74 Å². The van der Waals surface area contributed by atoms with Crippen molar-refractivity contribution in [3.8, 4) is 5.69 Å². The fraction of sp³-hybridized carbons (Fsp3) is 0.381. The summed E-state index contributed by atoms with van der Waals surface area (Å²) in [6.07, 6.45) is 1.85. The van der Waals surface area contributed by atoms with Crippen molar-refractivity contribution in [1.82, 2.24) is 14.5 Å². The van der Waals surface area contributed by atoms with Gasteiger partial charge < -0.3 is 14.7 Å². The molecule has 0 spiro atoms. The first-order valence-electron chi connectivity index (χ1n) is 9.42. The Morgan fingerprint density at radius 1 is 1.04 bits per heavy atom. The normalized spacial score (nSPS) is 15.6. The molecule has 1 N–H and O–H groups in total. The molecule has 0 atom stereocenters. The maximum absolute atomic E-state index is 9.44. The molecule has 0 unspecified atom stereocenters. The van der Waals surface area contributed by atoms with Crippen molar-refractivity contribution in [1.29, 1.82) is 0 Å². The van der Waals surface area contributed by atoms with Gasteiger partial charge in [0.15, 0.2) is 0 Å². The highest BCUT2D eigenvalue weighted by Crippen LogP contribution is 2.24. The van der Waals surface area contributed by atoms with Crippen LogP contribution in [0.5, 0.6) is 0 Å². The van der Waals surface area contributed by atoms with E-state index >= 15 is 0 Å². The molecule has 0 radical (unpaired) electrons. The van der Waals surface area contributed by atoms with Crippen LogP contribution in [0.4, 0.5) is 5.69 Å². The van der Waals surface area contributed by atoms with Crippen LogP contribution in [0.25, 0.3) is 16.7 Å². The third-order valence-electron chi connectivity index (χ3n) is 5.25. The van der Waals surface area contributed by atoms with Crippen LogP contribution in [0, 0.1) is 0 Å². The van der Waals surface area contributed by atoms with Crippen molar-refractivity contribution in [2.75, 3.05) is 51.3 Å². The number of aliphatic hydroxyl groups excluding tert-OH is 1. The largest absolute Gasteiger partial charge is 0.392 e. The molecule has 1 aliphatic rings. The maximum Gasteiger partial charge on any atom is 0.100 e. The Labute approximate surface area is 159 Å². The number of aliphatic hydroxyl groups is 1. The average Bonchev–Trinajstić information content (AvgIpc) is 3.16. The summed E-state index contributed by atoms with van der Waals surface area (Å²) in [5, 5.41) is 9.44. The number of nitrogens with zero attached hydrogens (tertiary/aromatic N) is 4. The van der Waals surface area contributed by atoms with Gasteiger partial charge >= 0.3 is 0 Å². The average molecular weight is 366 g/mol. The standard InChI is InChI=1S/C21H26N4O2/c1-27-12-11-23-7-9-24(10-8-23)18-3-2-4-19(14-18)25-16-22-20-6-5-17(15-26)13-21(20)25/h2-6,13-14,16,26H,7-12,15H2,1H3. The number of benzene rings is 2. The van der Waals surface area contributed by atoms with Crippen molar-refractivity contribution < 1.29 is 9.84 Å². The minimum Gasteiger partial charge on any atom is -0.392 e. The number of anilines is 1. The van der Waals surface area contributed by atoms with E-state index < -0.39 is 0 Å². The van der Waals surface area contributed by atoms with E-state index in [-0.39, 0.29) is 6.61 Å². The topological polar surface area (TPSA) is 53.8 Å². The molecule has 142 valence electrons. The van der Waals surface area contributed by atoms with Crippen molar-refractivity contribution in [2.24, 2.45) is 0 Å². The summed E-state index contributed by atoms with van der Waals surface area (Å²) in [5.41, 5.74) is 5.17. The lowest BCUT2D eigenvalue weighted by Gasteiger charge is -2.36. The number of hydrogen-bond donors (Lipinski definition) is 1. The molecule has 2 aromatic carbocycles. The first-order valence-corrected chi connectivity index (χ1v) is 9.42. The van der Waals surface area contributed by atoms with Crippen molar-refractivity contribution in [3.05, 3.63) is 54.4 Å². The third kappa shape index (κ3) is 3.83. The molecule has 1 fully saturated rings. The van der Waals surface area contributed by atoms with Crippen molar-refractivity contribution in [3.63, 3.8) is 0 Å². The summed E-state index contributed by atoms with van der Waals surface area (Å²) < 4.78 is 7.28. The Bertz CT molecular complexity index is 900. The third-order valence-corrected chi connectivity index (χ3v) is 5.25. The highest BCUT2D eigenvalue weighted by atomic mass is 16.5. The molecular weight excluding hydrogens is 340 g/mol. The van der Waals surface area contributed by atoms with E-state index in [1.807, 2.05) is 24.5 Å². The minimum atomic E-state index is 0.0362. The van der Waals surface area contributed by atoms with Crippen LogP contribution in [0.3, 0.4) is 0 Å². The summed E-state index contributed by atoms with van der Waals surface area (Å²) in [6, 6.07) is 14.5. The summed E-state index contributed by atoms with van der Waals surface area (Å²) >= 11 is 0. The molecule has 0 aliphatic carbocycles. The molecule has 1 saturated heterocycles. The first-order chi connectivity index (χ1) is 13.3. The lowest BCUT2D eigenvalue weighted by atomic mass is 10.2. The van der Waals surface area contributed by atoms with Crippen LogP contribution in [-0.2, 0) is 11.3 Å². The number of imidazole rings is 1. The predicted molar refractivity (Wildman–Crippen MR) is 108 cm³/mol. The lowest BCUT2D eigenvalue weighted by Crippen LogP contribution is -2.47. The Balaban J connectivity index is 1.55. The molecule has 0 amide bonds. The number of hydrogen-bond acceptors (Lipinski definition) is 5. The quantitative estimate of drug-likeness (QED) is 0.725. The van der Waals surface area contributed by atoms with Crippen LogP contribution >= 0.6 is 0 Å². The Morgan fingerprint density at radius 3 is 2.63 bits per heavy atom. The second kappa shape index (κ2) is 8.08. The summed E-state index contributed by atoms with van der Waals surface area (Å²) in [6.45, 7) is 5.98. The zero-order chi connectivity index (χ0) is 18.6. The van der Waals surface area contributed by atoms with Crippen LogP contribution in [0.1, 0.15) is 5.56 Å². The summed E-state index contributed by atoms with van der Waals surface area (Å²) in [5.74, 6) is 0. The molecule has 1 aliphatic heterocycles. The van der Waals surface area contributed by atoms with Gasteiger partial charge in [0.1, 0.15) is 6.33 Å². The van der Waals surface area contributed by atoms with E-state index in [1.165, 1.54) is 5.69 Å². The van der Waals surface area contributed by atoms with Crippen molar-refractivity contribution in [2.45, 2.75) is 6.61 Å². The van der Waals surface area contributed by atoms with E-state index in [0.29, 0.717) is 0 Å². The van der Waals surface area contributed by atoms with Crippen LogP contribution in [0.2, 0.25) is 0 Å². The molecule has 6 heteroatoms. The van der Waals surface area contributed by atoms with E-state index in [9.17, 15) is 5.11 Å². The fourth-order valence-corrected chi connectivity index (χ4v) is 3.65. The smallest absolute Gasteiger partial charge is 0.100 e. The number of aromatic nitrogens is 2. The number of ether oxygens (including phenoxy) is 1. The lowest BCUT2D eigenvalue weighted by molar-refractivity contribution is 0.144. The van der Waals surface area contributed by atoms with Gasteiger partial charge in [-0.3, -0.25) is 9.47 Å². The molecule has 3 aromatic rings. The van der Waals surface area contributed by atoms with Crippen molar-refractivity contribution >= 4 is 16.7 Å². The van der Waals surface area contributed by atoms with Gasteiger partial charge in [-0.25, -0.2) is 4.98 Å². The second-order valence-corrected chi connectivity index (χ2v) is 6.94.